The molecule has 0 spiro atoms. The van der Waals surface area contributed by atoms with E-state index < -0.39 is 17.6 Å². The van der Waals surface area contributed by atoms with Gasteiger partial charge in [-0.1, -0.05) is 12.1 Å². The van der Waals surface area contributed by atoms with Gasteiger partial charge < -0.3 is 19.4 Å². The number of aromatic nitrogens is 1. The van der Waals surface area contributed by atoms with E-state index in [0.717, 1.165) is 23.4 Å². The molecule has 152 valence electrons. The van der Waals surface area contributed by atoms with E-state index in [2.05, 4.69) is 10.2 Å². The fourth-order valence-corrected chi connectivity index (χ4v) is 4.84. The Hall–Kier alpha value is -2.91. The molecular weight excluding hydrogens is 394 g/mol. The Balaban J connectivity index is 1.63. The number of carbonyl (C=O) groups excluding carboxylic acids is 2. The molecule has 0 saturated carbocycles. The maximum absolute atomic E-state index is 12.7. The minimum absolute atomic E-state index is 0.208. The average molecular weight is 415 g/mol. The summed E-state index contributed by atoms with van der Waals surface area (Å²) in [7, 11) is 2.02. The highest BCUT2D eigenvalue weighted by atomic mass is 32.1. The molecule has 9 heteroatoms. The van der Waals surface area contributed by atoms with Gasteiger partial charge in [0.1, 0.15) is 11.5 Å². The van der Waals surface area contributed by atoms with Crippen LogP contribution in [0.25, 0.3) is 11.1 Å². The summed E-state index contributed by atoms with van der Waals surface area (Å²) in [6.07, 6.45) is 0.720. The summed E-state index contributed by atoms with van der Waals surface area (Å²) >= 11 is 1.38. The average Bonchev–Trinajstić information content (AvgIpc) is 3.18. The zero-order valence-corrected chi connectivity index (χ0v) is 17.0. The van der Waals surface area contributed by atoms with Crippen LogP contribution in [0.2, 0.25) is 0 Å². The van der Waals surface area contributed by atoms with E-state index in [4.69, 9.17) is 9.15 Å². The van der Waals surface area contributed by atoms with Crippen molar-refractivity contribution in [3.05, 3.63) is 50.8 Å². The third kappa shape index (κ3) is 3.70. The normalized spacial score (nSPS) is 14.0. The number of anilines is 1. The number of thiophene rings is 1. The fourth-order valence-electron chi connectivity index (χ4n) is 3.51. The Morgan fingerprint density at radius 2 is 2.10 bits per heavy atom. The number of oxazole rings is 1. The van der Waals surface area contributed by atoms with Crippen LogP contribution in [0.4, 0.5) is 5.00 Å². The minimum Gasteiger partial charge on any atom is -0.462 e. The van der Waals surface area contributed by atoms with Crippen molar-refractivity contribution in [3.63, 3.8) is 0 Å². The van der Waals surface area contributed by atoms with Crippen molar-refractivity contribution in [2.24, 2.45) is 0 Å². The van der Waals surface area contributed by atoms with E-state index in [1.54, 1.807) is 31.2 Å². The van der Waals surface area contributed by atoms with Crippen LogP contribution in [0, 0.1) is 0 Å². The van der Waals surface area contributed by atoms with E-state index in [1.165, 1.54) is 15.9 Å². The number of hydrogen-bond acceptors (Lipinski definition) is 7. The molecule has 1 aliphatic heterocycles. The lowest BCUT2D eigenvalue weighted by atomic mass is 10.0. The number of nitrogens with zero attached hydrogens (tertiary/aromatic N) is 2. The van der Waals surface area contributed by atoms with Gasteiger partial charge in [0.05, 0.1) is 17.7 Å². The number of rotatable bonds is 5. The van der Waals surface area contributed by atoms with Gasteiger partial charge in [0.2, 0.25) is 5.91 Å². The van der Waals surface area contributed by atoms with Crippen molar-refractivity contribution in [1.82, 2.24) is 9.47 Å². The summed E-state index contributed by atoms with van der Waals surface area (Å²) < 4.78 is 11.7. The monoisotopic (exact) mass is 415 g/mol. The Bertz CT molecular complexity index is 1140. The van der Waals surface area contributed by atoms with Gasteiger partial charge in [0.25, 0.3) is 0 Å². The molecule has 0 radical (unpaired) electrons. The summed E-state index contributed by atoms with van der Waals surface area (Å²) in [5.74, 6) is -1.44. The Labute approximate surface area is 170 Å². The van der Waals surface area contributed by atoms with E-state index in [9.17, 15) is 14.4 Å². The topological polar surface area (TPSA) is 93.8 Å². The molecule has 0 bridgehead atoms. The van der Waals surface area contributed by atoms with E-state index in [1.807, 2.05) is 7.05 Å². The van der Waals surface area contributed by atoms with E-state index >= 15 is 0 Å². The lowest BCUT2D eigenvalue weighted by molar-refractivity contribution is -0.116. The molecule has 29 heavy (non-hydrogen) atoms. The summed E-state index contributed by atoms with van der Waals surface area (Å²) in [5.41, 5.74) is 2.34. The van der Waals surface area contributed by atoms with Crippen LogP contribution in [0.15, 0.2) is 33.5 Å². The smallest absolute Gasteiger partial charge is 0.420 e. The molecule has 4 rings (SSSR count). The van der Waals surface area contributed by atoms with Crippen LogP contribution in [-0.2, 0) is 29.0 Å². The van der Waals surface area contributed by atoms with Crippen molar-refractivity contribution in [2.75, 3.05) is 25.5 Å². The fraction of sp³-hybridized carbons (Fsp3) is 0.350. The highest BCUT2D eigenvalue weighted by molar-refractivity contribution is 7.17. The second kappa shape index (κ2) is 7.84. The second-order valence-corrected chi connectivity index (χ2v) is 7.99. The minimum atomic E-state index is -0.598. The van der Waals surface area contributed by atoms with Crippen molar-refractivity contribution in [3.8, 4) is 0 Å². The number of amides is 1. The third-order valence-corrected chi connectivity index (χ3v) is 5.99. The van der Waals surface area contributed by atoms with Gasteiger partial charge in [-0.2, -0.15) is 0 Å². The molecule has 0 unspecified atom stereocenters. The first-order valence-corrected chi connectivity index (χ1v) is 10.2. The largest absolute Gasteiger partial charge is 0.462 e. The molecule has 1 aromatic carbocycles. The highest BCUT2D eigenvalue weighted by Gasteiger charge is 2.28. The Kier molecular flexibility index (Phi) is 5.25. The number of nitrogens with one attached hydrogen (secondary N) is 1. The first-order valence-electron chi connectivity index (χ1n) is 9.36. The second-order valence-electron chi connectivity index (χ2n) is 6.89. The number of para-hydroxylation sites is 2. The number of ether oxygens (including phenoxy) is 1. The maximum Gasteiger partial charge on any atom is 0.420 e. The number of carbonyl (C=O) groups is 2. The molecule has 0 saturated heterocycles. The zero-order chi connectivity index (χ0) is 20.5. The van der Waals surface area contributed by atoms with Crippen LogP contribution >= 0.6 is 11.3 Å². The first-order chi connectivity index (χ1) is 14.0. The predicted octanol–water partition coefficient (Wildman–Crippen LogP) is 2.46. The molecule has 3 heterocycles. The molecule has 2 aromatic heterocycles. The van der Waals surface area contributed by atoms with E-state index in [-0.39, 0.29) is 13.2 Å². The molecule has 0 atom stereocenters. The van der Waals surface area contributed by atoms with Crippen LogP contribution in [-0.4, -0.2) is 41.5 Å². The van der Waals surface area contributed by atoms with Crippen LogP contribution in [0.1, 0.15) is 27.7 Å². The molecule has 1 N–H and O–H groups in total. The molecule has 1 amide bonds. The van der Waals surface area contributed by atoms with Gasteiger partial charge in [-0.3, -0.25) is 9.36 Å². The van der Waals surface area contributed by atoms with Gasteiger partial charge >= 0.3 is 11.7 Å². The Morgan fingerprint density at radius 1 is 1.31 bits per heavy atom. The lowest BCUT2D eigenvalue weighted by Gasteiger charge is -2.22. The quantitative estimate of drug-likeness (QED) is 0.644. The maximum atomic E-state index is 12.7. The molecule has 1 aliphatic rings. The van der Waals surface area contributed by atoms with Gasteiger partial charge in [-0.25, -0.2) is 9.59 Å². The van der Waals surface area contributed by atoms with Gasteiger partial charge in [0.15, 0.2) is 5.58 Å². The number of hydrogen-bond donors (Lipinski definition) is 1. The third-order valence-electron chi connectivity index (χ3n) is 4.86. The summed E-state index contributed by atoms with van der Waals surface area (Å²) in [4.78, 5) is 40.6. The molecular formula is C20H21N3O5S. The van der Waals surface area contributed by atoms with Gasteiger partial charge in [-0.15, -0.1) is 11.3 Å². The number of benzene rings is 1. The highest BCUT2D eigenvalue weighted by Crippen LogP contribution is 2.37. The summed E-state index contributed by atoms with van der Waals surface area (Å²) in [6.45, 7) is 3.35. The van der Waals surface area contributed by atoms with Crippen molar-refractivity contribution < 1.29 is 18.7 Å². The van der Waals surface area contributed by atoms with Crippen LogP contribution in [0.5, 0.6) is 0 Å². The Morgan fingerprint density at radius 3 is 2.90 bits per heavy atom. The van der Waals surface area contributed by atoms with Crippen LogP contribution < -0.4 is 11.1 Å². The van der Waals surface area contributed by atoms with Gasteiger partial charge in [0, 0.05) is 18.0 Å². The van der Waals surface area contributed by atoms with Crippen molar-refractivity contribution in [2.45, 2.75) is 26.4 Å². The predicted molar refractivity (Wildman–Crippen MR) is 109 cm³/mol. The van der Waals surface area contributed by atoms with Crippen LogP contribution in [0.3, 0.4) is 0 Å². The molecule has 0 fully saturated rings. The SMILES string of the molecule is CCOC(=O)c1c(NC(=O)Cn2c(=O)oc3ccccc32)sc2c1CCN(C)C2. The summed E-state index contributed by atoms with van der Waals surface area (Å²) in [6, 6.07) is 6.92. The van der Waals surface area contributed by atoms with Crippen molar-refractivity contribution in [1.29, 1.82) is 0 Å². The standard InChI is InChI=1S/C20H21N3O5S/c1-3-27-19(25)17-12-8-9-22(2)10-15(12)29-18(17)21-16(24)11-23-13-6-4-5-7-14(13)28-20(23)26/h4-7H,3,8-11H2,1-2H3,(H,21,24). The number of esters is 1. The number of fused-ring (bicyclic) bond motifs is 2. The lowest BCUT2D eigenvalue weighted by Crippen LogP contribution is -2.27. The summed E-state index contributed by atoms with van der Waals surface area (Å²) in [5, 5.41) is 3.28. The molecule has 8 nitrogen and oxygen atoms in total. The molecule has 3 aromatic rings. The molecule has 0 aliphatic carbocycles. The number of likely N-dealkylation sites (N-methyl/N-ethyl adjacent to an activating group) is 1. The van der Waals surface area contributed by atoms with Gasteiger partial charge in [-0.05, 0) is 38.1 Å². The first kappa shape index (κ1) is 19.4. The van der Waals surface area contributed by atoms with E-state index in [0.29, 0.717) is 28.2 Å². The zero-order valence-electron chi connectivity index (χ0n) is 16.2. The van der Waals surface area contributed by atoms with Crippen molar-refractivity contribution >= 4 is 39.3 Å².